The molecule has 2 aromatic heterocycles. The minimum Gasteiger partial charge on any atom is -0.487 e. The van der Waals surface area contributed by atoms with Crippen molar-refractivity contribution in [2.75, 3.05) is 7.11 Å². The first-order valence-electron chi connectivity index (χ1n) is 11.1. The highest BCUT2D eigenvalue weighted by atomic mass is 35.5. The van der Waals surface area contributed by atoms with Crippen LogP contribution in [0, 0.1) is 0 Å². The van der Waals surface area contributed by atoms with E-state index in [1.54, 1.807) is 6.07 Å². The largest absolute Gasteiger partial charge is 0.487 e. The van der Waals surface area contributed by atoms with Crippen LogP contribution in [0.3, 0.4) is 0 Å². The lowest BCUT2D eigenvalue weighted by Crippen LogP contribution is -2.11. The van der Waals surface area contributed by atoms with Gasteiger partial charge in [0, 0.05) is 28.4 Å². The summed E-state index contributed by atoms with van der Waals surface area (Å²) < 4.78 is 13.4. The predicted octanol–water partition coefficient (Wildman–Crippen LogP) is 7.60. The number of fused-ring (bicyclic) bond motifs is 3. The number of benzene rings is 1. The molecular formula is C27H29ClN2O3. The summed E-state index contributed by atoms with van der Waals surface area (Å²) in [6, 6.07) is 7.56. The monoisotopic (exact) mass is 464 g/mol. The highest BCUT2D eigenvalue weighted by Crippen LogP contribution is 2.40. The van der Waals surface area contributed by atoms with Gasteiger partial charge in [-0.25, -0.2) is 9.78 Å². The van der Waals surface area contributed by atoms with E-state index in [9.17, 15) is 4.79 Å². The quantitative estimate of drug-likeness (QED) is 0.278. The molecule has 33 heavy (non-hydrogen) atoms. The van der Waals surface area contributed by atoms with E-state index in [1.165, 1.54) is 18.3 Å². The highest BCUT2D eigenvalue weighted by Gasteiger charge is 2.27. The Morgan fingerprint density at radius 3 is 2.73 bits per heavy atom. The van der Waals surface area contributed by atoms with Gasteiger partial charge in [-0.15, -0.1) is 0 Å². The fraction of sp³-hybridized carbons (Fsp3) is 0.333. The molecule has 0 radical (unpaired) electrons. The number of hydrogen-bond donors (Lipinski definition) is 0. The van der Waals surface area contributed by atoms with Gasteiger partial charge in [0.05, 0.1) is 18.1 Å². The predicted molar refractivity (Wildman–Crippen MR) is 134 cm³/mol. The summed E-state index contributed by atoms with van der Waals surface area (Å²) in [5.41, 5.74) is 5.52. The number of hydrogen-bond acceptors (Lipinski definition) is 4. The molecule has 0 fully saturated rings. The van der Waals surface area contributed by atoms with Crippen molar-refractivity contribution in [3.8, 4) is 0 Å². The summed E-state index contributed by atoms with van der Waals surface area (Å²) >= 11 is 6.32. The molecule has 3 aromatic rings. The second-order valence-electron chi connectivity index (χ2n) is 8.76. The molecule has 0 aliphatic carbocycles. The zero-order valence-corrected chi connectivity index (χ0v) is 20.5. The van der Waals surface area contributed by atoms with Gasteiger partial charge in [-0.05, 0) is 64.8 Å². The standard InChI is InChI=1S/C27H29ClN2O3/c1-16(2)7-6-8-17(3)9-12-24-25-26-21(14-22(29-25)27(31)32-5)20-13-19(28)10-11-23(20)30(26)15-18(4)33-24/h7,9-11,13-15,24H,6,8,12H2,1-5H3/b17-9+. The van der Waals surface area contributed by atoms with Crippen LogP contribution in [-0.2, 0) is 9.47 Å². The molecule has 0 bridgehead atoms. The van der Waals surface area contributed by atoms with Crippen molar-refractivity contribution in [1.29, 1.82) is 0 Å². The maximum Gasteiger partial charge on any atom is 0.356 e. The molecular weight excluding hydrogens is 436 g/mol. The van der Waals surface area contributed by atoms with Crippen molar-refractivity contribution in [2.45, 2.75) is 53.1 Å². The summed E-state index contributed by atoms with van der Waals surface area (Å²) in [4.78, 5) is 17.2. The van der Waals surface area contributed by atoms with Crippen LogP contribution in [0.4, 0.5) is 0 Å². The lowest BCUT2D eigenvalue weighted by atomic mass is 10.0. The van der Waals surface area contributed by atoms with E-state index in [0.29, 0.717) is 11.4 Å². The first-order valence-corrected chi connectivity index (χ1v) is 11.5. The van der Waals surface area contributed by atoms with Crippen molar-refractivity contribution in [1.82, 2.24) is 9.55 Å². The molecule has 0 saturated heterocycles. The van der Waals surface area contributed by atoms with Crippen molar-refractivity contribution in [3.63, 3.8) is 0 Å². The van der Waals surface area contributed by atoms with Crippen LogP contribution in [0.1, 0.15) is 69.2 Å². The topological polar surface area (TPSA) is 53.4 Å². The summed E-state index contributed by atoms with van der Waals surface area (Å²) in [5, 5.41) is 2.51. The number of halogens is 1. The van der Waals surface area contributed by atoms with Crippen LogP contribution >= 0.6 is 11.6 Å². The summed E-state index contributed by atoms with van der Waals surface area (Å²) in [5.74, 6) is 0.305. The van der Waals surface area contributed by atoms with E-state index in [2.05, 4.69) is 37.5 Å². The number of aromatic nitrogens is 2. The molecule has 1 atom stereocenters. The van der Waals surface area contributed by atoms with Crippen LogP contribution in [0.15, 0.2) is 53.3 Å². The Morgan fingerprint density at radius 1 is 1.21 bits per heavy atom. The lowest BCUT2D eigenvalue weighted by molar-refractivity contribution is 0.0592. The Bertz CT molecular complexity index is 1330. The third kappa shape index (κ3) is 4.69. The molecule has 3 heterocycles. The molecule has 0 amide bonds. The summed E-state index contributed by atoms with van der Waals surface area (Å²) in [7, 11) is 1.37. The van der Waals surface area contributed by atoms with Crippen molar-refractivity contribution < 1.29 is 14.3 Å². The van der Waals surface area contributed by atoms with Crippen LogP contribution in [0.5, 0.6) is 0 Å². The van der Waals surface area contributed by atoms with Crippen LogP contribution < -0.4 is 0 Å². The first kappa shape index (κ1) is 23.1. The molecule has 1 aliphatic heterocycles. The molecule has 1 aliphatic rings. The van der Waals surface area contributed by atoms with E-state index in [-0.39, 0.29) is 11.8 Å². The second-order valence-corrected chi connectivity index (χ2v) is 9.20. The Labute approximate surface area is 199 Å². The molecule has 5 nitrogen and oxygen atoms in total. The average Bonchev–Trinajstić information content (AvgIpc) is 2.98. The molecule has 1 unspecified atom stereocenters. The SMILES string of the molecule is COC(=O)c1cc2c3cc(Cl)ccc3n3c2c(n1)C(C/C=C(\C)CCC=C(C)C)OC(C)=C3. The first-order chi connectivity index (χ1) is 15.8. The maximum atomic E-state index is 12.5. The van der Waals surface area contributed by atoms with E-state index in [4.69, 9.17) is 26.1 Å². The normalized spacial score (nSPS) is 15.8. The van der Waals surface area contributed by atoms with Gasteiger partial charge in [0.15, 0.2) is 0 Å². The second kappa shape index (κ2) is 9.44. The van der Waals surface area contributed by atoms with Crippen molar-refractivity contribution in [2.24, 2.45) is 0 Å². The van der Waals surface area contributed by atoms with Gasteiger partial charge >= 0.3 is 5.97 Å². The summed E-state index contributed by atoms with van der Waals surface area (Å²) in [6.45, 7) is 8.32. The number of ether oxygens (including phenoxy) is 2. The number of rotatable bonds is 6. The Morgan fingerprint density at radius 2 is 2.00 bits per heavy atom. The highest BCUT2D eigenvalue weighted by molar-refractivity contribution is 6.32. The van der Waals surface area contributed by atoms with E-state index >= 15 is 0 Å². The summed E-state index contributed by atoms with van der Waals surface area (Å²) in [6.07, 6.45) is 8.78. The van der Waals surface area contributed by atoms with Gasteiger partial charge in [0.2, 0.25) is 0 Å². The number of carbonyl (C=O) groups is 1. The van der Waals surface area contributed by atoms with Crippen molar-refractivity contribution >= 4 is 45.6 Å². The molecule has 0 N–H and O–H groups in total. The molecule has 0 spiro atoms. The molecule has 172 valence electrons. The third-order valence-corrected chi connectivity index (χ3v) is 6.11. The Hall–Kier alpha value is -3.05. The number of esters is 1. The van der Waals surface area contributed by atoms with Gasteiger partial charge in [0.25, 0.3) is 0 Å². The van der Waals surface area contributed by atoms with Crippen LogP contribution in [0.25, 0.3) is 28.0 Å². The van der Waals surface area contributed by atoms with Gasteiger partial charge in [-0.2, -0.15) is 0 Å². The number of nitrogens with zero attached hydrogens (tertiary/aromatic N) is 2. The Kier molecular flexibility index (Phi) is 6.61. The molecule has 6 heteroatoms. The third-order valence-electron chi connectivity index (χ3n) is 5.88. The fourth-order valence-corrected chi connectivity index (χ4v) is 4.46. The van der Waals surface area contributed by atoms with Gasteiger partial charge < -0.3 is 14.0 Å². The zero-order chi connectivity index (χ0) is 23.7. The zero-order valence-electron chi connectivity index (χ0n) is 19.7. The van der Waals surface area contributed by atoms with Crippen LogP contribution in [0.2, 0.25) is 5.02 Å². The van der Waals surface area contributed by atoms with Gasteiger partial charge in [-0.1, -0.05) is 34.9 Å². The number of carbonyl (C=O) groups excluding carboxylic acids is 1. The smallest absolute Gasteiger partial charge is 0.356 e. The van der Waals surface area contributed by atoms with E-state index < -0.39 is 5.97 Å². The molecule has 4 rings (SSSR count). The van der Waals surface area contributed by atoms with E-state index in [1.807, 2.05) is 31.3 Å². The molecule has 1 aromatic carbocycles. The van der Waals surface area contributed by atoms with Gasteiger partial charge in [0.1, 0.15) is 23.3 Å². The van der Waals surface area contributed by atoms with Crippen molar-refractivity contribution in [3.05, 3.63) is 69.7 Å². The van der Waals surface area contributed by atoms with E-state index in [0.717, 1.165) is 46.1 Å². The number of methoxy groups -OCH3 is 1. The number of pyridine rings is 1. The minimum atomic E-state index is -0.475. The lowest BCUT2D eigenvalue weighted by Gasteiger charge is -2.18. The van der Waals surface area contributed by atoms with Crippen LogP contribution in [-0.4, -0.2) is 22.6 Å². The Balaban J connectivity index is 1.86. The minimum absolute atomic E-state index is 0.261. The maximum absolute atomic E-state index is 12.5. The fourth-order valence-electron chi connectivity index (χ4n) is 4.29. The van der Waals surface area contributed by atoms with Gasteiger partial charge in [-0.3, -0.25) is 0 Å². The number of allylic oxidation sites excluding steroid dienone is 4. The molecule has 0 saturated carbocycles. The average molecular weight is 465 g/mol.